The first-order valence-electron chi connectivity index (χ1n) is 5.61. The van der Waals surface area contributed by atoms with E-state index < -0.39 is 21.2 Å². The van der Waals surface area contributed by atoms with Crippen LogP contribution in [0.5, 0.6) is 0 Å². The predicted molar refractivity (Wildman–Crippen MR) is 67.3 cm³/mol. The molecule has 1 aliphatic carbocycles. The highest BCUT2D eigenvalue weighted by molar-refractivity contribution is 7.90. The molecule has 1 aliphatic rings. The molecular weight excluding hydrogens is 254 g/mol. The summed E-state index contributed by atoms with van der Waals surface area (Å²) < 4.78 is 22.5. The van der Waals surface area contributed by atoms with Crippen LogP contribution >= 0.6 is 0 Å². The van der Waals surface area contributed by atoms with Crippen molar-refractivity contribution in [3.8, 4) is 0 Å². The van der Waals surface area contributed by atoms with Crippen LogP contribution in [0.1, 0.15) is 12.8 Å². The van der Waals surface area contributed by atoms with Gasteiger partial charge in [0.15, 0.2) is 9.84 Å². The summed E-state index contributed by atoms with van der Waals surface area (Å²) in [4.78, 5) is 11.2. The molecule has 1 aromatic carbocycles. The van der Waals surface area contributed by atoms with Gasteiger partial charge in [0.2, 0.25) is 0 Å². The number of sulfone groups is 1. The highest BCUT2D eigenvalue weighted by atomic mass is 32.2. The molecule has 1 fully saturated rings. The van der Waals surface area contributed by atoms with E-state index >= 15 is 0 Å². The number of carboxylic acid groups (broad SMARTS) is 1. The molecule has 0 bridgehead atoms. The molecule has 18 heavy (non-hydrogen) atoms. The summed E-state index contributed by atoms with van der Waals surface area (Å²) >= 11 is 0. The van der Waals surface area contributed by atoms with Crippen LogP contribution in [-0.2, 0) is 14.6 Å². The predicted octanol–water partition coefficient (Wildman–Crippen LogP) is 1.37. The van der Waals surface area contributed by atoms with Crippen molar-refractivity contribution in [1.82, 2.24) is 0 Å². The molecular formula is C12H15NO4S. The van der Waals surface area contributed by atoms with Crippen LogP contribution < -0.4 is 5.32 Å². The number of rotatable bonds is 5. The Morgan fingerprint density at radius 1 is 1.33 bits per heavy atom. The second-order valence-corrected chi connectivity index (χ2v) is 6.75. The lowest BCUT2D eigenvalue weighted by Crippen LogP contribution is -2.24. The second-order valence-electron chi connectivity index (χ2n) is 4.74. The standard InChI is InChI=1S/C12H15NO4S/c1-18(16,17)10-4-2-9(3-5-10)13-8-12(6-7-12)11(14)15/h2-5,13H,6-8H2,1H3,(H,14,15). The highest BCUT2D eigenvalue weighted by Gasteiger charge is 2.49. The lowest BCUT2D eigenvalue weighted by molar-refractivity contribution is -0.142. The third-order valence-corrected chi connectivity index (χ3v) is 4.35. The van der Waals surface area contributed by atoms with Crippen molar-refractivity contribution < 1.29 is 18.3 Å². The first kappa shape index (κ1) is 12.9. The molecule has 2 N–H and O–H groups in total. The maximum absolute atomic E-state index is 11.3. The average Bonchev–Trinajstić information content (AvgIpc) is 3.07. The molecule has 5 nitrogen and oxygen atoms in total. The normalized spacial score (nSPS) is 17.2. The number of benzene rings is 1. The molecule has 1 aromatic rings. The van der Waals surface area contributed by atoms with Crippen LogP contribution in [0.15, 0.2) is 29.2 Å². The molecule has 0 radical (unpaired) electrons. The van der Waals surface area contributed by atoms with E-state index in [4.69, 9.17) is 5.11 Å². The third-order valence-electron chi connectivity index (χ3n) is 3.22. The zero-order valence-corrected chi connectivity index (χ0v) is 10.8. The van der Waals surface area contributed by atoms with E-state index in [1.807, 2.05) is 0 Å². The van der Waals surface area contributed by atoms with E-state index in [1.54, 1.807) is 12.1 Å². The maximum atomic E-state index is 11.3. The van der Waals surface area contributed by atoms with E-state index in [1.165, 1.54) is 12.1 Å². The van der Waals surface area contributed by atoms with Crippen molar-refractivity contribution in [1.29, 1.82) is 0 Å². The zero-order valence-electron chi connectivity index (χ0n) is 10.0. The average molecular weight is 269 g/mol. The minimum atomic E-state index is -3.19. The van der Waals surface area contributed by atoms with E-state index in [0.29, 0.717) is 19.4 Å². The van der Waals surface area contributed by atoms with Gasteiger partial charge in [0.25, 0.3) is 0 Å². The Bertz CT molecular complexity index is 558. The van der Waals surface area contributed by atoms with Crippen LogP contribution in [0, 0.1) is 5.41 Å². The second kappa shape index (κ2) is 4.28. The first-order valence-corrected chi connectivity index (χ1v) is 7.50. The summed E-state index contributed by atoms with van der Waals surface area (Å²) in [5, 5.41) is 12.0. The van der Waals surface area contributed by atoms with Gasteiger partial charge in [-0.15, -0.1) is 0 Å². The molecule has 98 valence electrons. The first-order chi connectivity index (χ1) is 8.33. The highest BCUT2D eigenvalue weighted by Crippen LogP contribution is 2.45. The fourth-order valence-electron chi connectivity index (χ4n) is 1.71. The largest absolute Gasteiger partial charge is 0.481 e. The number of nitrogens with one attached hydrogen (secondary N) is 1. The minimum Gasteiger partial charge on any atom is -0.481 e. The van der Waals surface area contributed by atoms with Crippen molar-refractivity contribution in [2.45, 2.75) is 17.7 Å². The fraction of sp³-hybridized carbons (Fsp3) is 0.417. The molecule has 0 heterocycles. The number of hydrogen-bond donors (Lipinski definition) is 2. The lowest BCUT2D eigenvalue weighted by atomic mass is 10.1. The van der Waals surface area contributed by atoms with Crippen molar-refractivity contribution in [3.63, 3.8) is 0 Å². The van der Waals surface area contributed by atoms with Crippen LogP contribution in [0.25, 0.3) is 0 Å². The summed E-state index contributed by atoms with van der Waals surface area (Å²) in [5.41, 5.74) is 0.102. The molecule has 0 amide bonds. The smallest absolute Gasteiger partial charge is 0.311 e. The summed E-state index contributed by atoms with van der Waals surface area (Å²) in [6.45, 7) is 0.376. The van der Waals surface area contributed by atoms with Crippen molar-refractivity contribution >= 4 is 21.5 Å². The molecule has 0 atom stereocenters. The topological polar surface area (TPSA) is 83.5 Å². The van der Waals surface area contributed by atoms with Gasteiger partial charge in [-0.1, -0.05) is 0 Å². The maximum Gasteiger partial charge on any atom is 0.311 e. The minimum absolute atomic E-state index is 0.257. The van der Waals surface area contributed by atoms with Gasteiger partial charge in [-0.25, -0.2) is 8.42 Å². The number of anilines is 1. The Morgan fingerprint density at radius 2 is 1.89 bits per heavy atom. The molecule has 2 rings (SSSR count). The van der Waals surface area contributed by atoms with Gasteiger partial charge < -0.3 is 10.4 Å². The molecule has 6 heteroatoms. The van der Waals surface area contributed by atoms with Crippen LogP contribution in [0.2, 0.25) is 0 Å². The number of aliphatic carboxylic acids is 1. The number of carbonyl (C=O) groups is 1. The van der Waals surface area contributed by atoms with Crippen molar-refractivity contribution in [2.75, 3.05) is 18.1 Å². The summed E-state index contributed by atoms with van der Waals surface area (Å²) in [6, 6.07) is 6.32. The molecule has 0 spiro atoms. The number of carboxylic acids is 1. The Labute approximate surface area is 106 Å². The van der Waals surface area contributed by atoms with Gasteiger partial charge in [0.05, 0.1) is 10.3 Å². The summed E-state index contributed by atoms with van der Waals surface area (Å²) in [6.07, 6.45) is 2.53. The van der Waals surface area contributed by atoms with Gasteiger partial charge in [-0.3, -0.25) is 4.79 Å². The van der Waals surface area contributed by atoms with Crippen molar-refractivity contribution in [3.05, 3.63) is 24.3 Å². The van der Waals surface area contributed by atoms with E-state index in [0.717, 1.165) is 11.9 Å². The van der Waals surface area contributed by atoms with Crippen molar-refractivity contribution in [2.24, 2.45) is 5.41 Å². The summed E-state index contributed by atoms with van der Waals surface area (Å²) in [5.74, 6) is -0.775. The fourth-order valence-corrected chi connectivity index (χ4v) is 2.34. The Morgan fingerprint density at radius 3 is 2.28 bits per heavy atom. The molecule has 1 saturated carbocycles. The van der Waals surface area contributed by atoms with Crippen LogP contribution in [0.3, 0.4) is 0 Å². The van der Waals surface area contributed by atoms with Crippen LogP contribution in [-0.4, -0.2) is 32.3 Å². The molecule has 0 aromatic heterocycles. The summed E-state index contributed by atoms with van der Waals surface area (Å²) in [7, 11) is -3.19. The van der Waals surface area contributed by atoms with Gasteiger partial charge >= 0.3 is 5.97 Å². The van der Waals surface area contributed by atoms with Crippen LogP contribution in [0.4, 0.5) is 5.69 Å². The molecule has 0 unspecified atom stereocenters. The third kappa shape index (κ3) is 2.64. The molecule has 0 aliphatic heterocycles. The monoisotopic (exact) mass is 269 g/mol. The van der Waals surface area contributed by atoms with Gasteiger partial charge in [0, 0.05) is 18.5 Å². The Kier molecular flexibility index (Phi) is 3.06. The Hall–Kier alpha value is -1.56. The van der Waals surface area contributed by atoms with Gasteiger partial charge in [-0.05, 0) is 37.1 Å². The van der Waals surface area contributed by atoms with E-state index in [9.17, 15) is 13.2 Å². The van der Waals surface area contributed by atoms with E-state index in [-0.39, 0.29) is 4.90 Å². The van der Waals surface area contributed by atoms with Gasteiger partial charge in [-0.2, -0.15) is 0 Å². The quantitative estimate of drug-likeness (QED) is 0.843. The molecule has 0 saturated heterocycles. The number of hydrogen-bond acceptors (Lipinski definition) is 4. The van der Waals surface area contributed by atoms with Gasteiger partial charge in [0.1, 0.15) is 0 Å². The lowest BCUT2D eigenvalue weighted by Gasteiger charge is -2.12. The Balaban J connectivity index is 2.02. The van der Waals surface area contributed by atoms with E-state index in [2.05, 4.69) is 5.32 Å². The zero-order chi connectivity index (χ0) is 13.4. The SMILES string of the molecule is CS(=O)(=O)c1ccc(NCC2(C(=O)O)CC2)cc1.